The fourth-order valence-corrected chi connectivity index (χ4v) is 1.87. The van der Waals surface area contributed by atoms with Crippen molar-refractivity contribution in [3.63, 3.8) is 0 Å². The maximum Gasteiger partial charge on any atom is 0.210 e. The van der Waals surface area contributed by atoms with Crippen molar-refractivity contribution in [3.8, 4) is 0 Å². The fraction of sp³-hybridized carbons (Fsp3) is 0.100. The Bertz CT molecular complexity index is 633. The quantitative estimate of drug-likeness (QED) is 0.801. The van der Waals surface area contributed by atoms with Crippen LogP contribution in [0.3, 0.4) is 0 Å². The highest BCUT2D eigenvalue weighted by atomic mass is 79.9. The fourth-order valence-electron chi connectivity index (χ4n) is 1.50. The lowest BCUT2D eigenvalue weighted by Crippen LogP contribution is -2.05. The second-order valence-electron chi connectivity index (χ2n) is 3.39. The number of hydrogen-bond donors (Lipinski definition) is 1. The third-order valence-corrected chi connectivity index (χ3v) is 2.85. The number of halogens is 1. The van der Waals surface area contributed by atoms with E-state index >= 15 is 0 Å². The van der Waals surface area contributed by atoms with E-state index in [0.717, 1.165) is 15.9 Å². The SMILES string of the molecule is Brc1cnc(NCc2ccco2)n2cnnc12. The molecule has 7 heteroatoms. The molecule has 3 aromatic rings. The number of rotatable bonds is 3. The Hall–Kier alpha value is -1.89. The number of aromatic nitrogens is 4. The molecule has 0 amide bonds. The zero-order valence-electron chi connectivity index (χ0n) is 8.67. The summed E-state index contributed by atoms with van der Waals surface area (Å²) in [5, 5.41) is 11.0. The molecule has 17 heavy (non-hydrogen) atoms. The molecule has 3 aromatic heterocycles. The van der Waals surface area contributed by atoms with Crippen LogP contribution in [0.15, 0.2) is 39.8 Å². The van der Waals surface area contributed by atoms with E-state index in [4.69, 9.17) is 4.42 Å². The molecule has 0 aromatic carbocycles. The second kappa shape index (κ2) is 4.17. The van der Waals surface area contributed by atoms with Gasteiger partial charge in [-0.05, 0) is 28.1 Å². The van der Waals surface area contributed by atoms with Gasteiger partial charge in [-0.1, -0.05) is 0 Å². The summed E-state index contributed by atoms with van der Waals surface area (Å²) < 4.78 is 7.81. The third-order valence-electron chi connectivity index (χ3n) is 2.29. The molecule has 6 nitrogen and oxygen atoms in total. The molecule has 0 aliphatic carbocycles. The lowest BCUT2D eigenvalue weighted by atomic mass is 10.4. The summed E-state index contributed by atoms with van der Waals surface area (Å²) in [6.07, 6.45) is 4.94. The molecule has 0 saturated carbocycles. The summed E-state index contributed by atoms with van der Waals surface area (Å²) in [4.78, 5) is 4.26. The van der Waals surface area contributed by atoms with Gasteiger partial charge >= 0.3 is 0 Å². The van der Waals surface area contributed by atoms with Crippen LogP contribution in [0, 0.1) is 0 Å². The Balaban J connectivity index is 1.90. The molecule has 0 aliphatic heterocycles. The predicted octanol–water partition coefficient (Wildman–Crippen LogP) is 2.09. The lowest BCUT2D eigenvalue weighted by molar-refractivity contribution is 0.517. The van der Waals surface area contributed by atoms with Crippen LogP contribution in [0.4, 0.5) is 5.95 Å². The molecular formula is C10H8BrN5O. The van der Waals surface area contributed by atoms with E-state index in [0.29, 0.717) is 12.5 Å². The third kappa shape index (κ3) is 1.89. The van der Waals surface area contributed by atoms with Crippen molar-refractivity contribution in [3.05, 3.63) is 41.2 Å². The van der Waals surface area contributed by atoms with Crippen molar-refractivity contribution >= 4 is 27.5 Å². The predicted molar refractivity (Wildman–Crippen MR) is 64.5 cm³/mol. The van der Waals surface area contributed by atoms with Crippen LogP contribution in [0.1, 0.15) is 5.76 Å². The molecule has 3 heterocycles. The van der Waals surface area contributed by atoms with Crippen molar-refractivity contribution in [2.75, 3.05) is 5.32 Å². The van der Waals surface area contributed by atoms with Crippen molar-refractivity contribution in [2.45, 2.75) is 6.54 Å². The highest BCUT2D eigenvalue weighted by Crippen LogP contribution is 2.17. The smallest absolute Gasteiger partial charge is 0.210 e. The first kappa shape index (κ1) is 10.3. The van der Waals surface area contributed by atoms with E-state index in [-0.39, 0.29) is 0 Å². The van der Waals surface area contributed by atoms with Gasteiger partial charge in [0.15, 0.2) is 5.65 Å². The molecule has 3 rings (SSSR count). The van der Waals surface area contributed by atoms with Crippen molar-refractivity contribution < 1.29 is 4.42 Å². The number of anilines is 1. The average Bonchev–Trinajstić information content (AvgIpc) is 2.99. The van der Waals surface area contributed by atoms with Crippen LogP contribution < -0.4 is 5.32 Å². The number of hydrogen-bond acceptors (Lipinski definition) is 5. The summed E-state index contributed by atoms with van der Waals surface area (Å²) in [5.74, 6) is 1.51. The highest BCUT2D eigenvalue weighted by Gasteiger charge is 2.07. The van der Waals surface area contributed by atoms with Crippen molar-refractivity contribution in [2.24, 2.45) is 0 Å². The van der Waals surface area contributed by atoms with Gasteiger partial charge in [0.25, 0.3) is 0 Å². The van der Waals surface area contributed by atoms with Crippen LogP contribution in [0.2, 0.25) is 0 Å². The molecule has 0 atom stereocenters. The van der Waals surface area contributed by atoms with Gasteiger partial charge in [0.05, 0.1) is 17.3 Å². The first-order valence-electron chi connectivity index (χ1n) is 4.95. The van der Waals surface area contributed by atoms with Crippen LogP contribution >= 0.6 is 15.9 Å². The molecule has 0 aliphatic rings. The Labute approximate surface area is 105 Å². The van der Waals surface area contributed by atoms with Gasteiger partial charge in [0.2, 0.25) is 5.95 Å². The molecule has 1 N–H and O–H groups in total. The van der Waals surface area contributed by atoms with E-state index in [1.165, 1.54) is 0 Å². The molecule has 0 fully saturated rings. The molecule has 86 valence electrons. The van der Waals surface area contributed by atoms with Gasteiger partial charge in [0.1, 0.15) is 12.1 Å². The van der Waals surface area contributed by atoms with Gasteiger partial charge in [-0.2, -0.15) is 0 Å². The summed E-state index contributed by atoms with van der Waals surface area (Å²) in [6, 6.07) is 3.75. The largest absolute Gasteiger partial charge is 0.467 e. The Morgan fingerprint density at radius 2 is 2.41 bits per heavy atom. The minimum Gasteiger partial charge on any atom is -0.467 e. The van der Waals surface area contributed by atoms with E-state index in [1.807, 2.05) is 12.1 Å². The normalized spacial score (nSPS) is 10.9. The van der Waals surface area contributed by atoms with E-state index in [9.17, 15) is 0 Å². The topological polar surface area (TPSA) is 68.2 Å². The standard InChI is InChI=1S/C10H8BrN5O/c11-8-5-13-10(16-6-14-15-9(8)16)12-4-7-2-1-3-17-7/h1-3,5-6H,4H2,(H,12,13). The number of nitrogens with zero attached hydrogens (tertiary/aromatic N) is 4. The molecule has 0 unspecified atom stereocenters. The average molecular weight is 294 g/mol. The highest BCUT2D eigenvalue weighted by molar-refractivity contribution is 9.10. The zero-order valence-corrected chi connectivity index (χ0v) is 10.3. The van der Waals surface area contributed by atoms with E-state index in [1.54, 1.807) is 23.2 Å². The van der Waals surface area contributed by atoms with Gasteiger partial charge < -0.3 is 9.73 Å². The minimum atomic E-state index is 0.564. The molecule has 0 saturated heterocycles. The Kier molecular flexibility index (Phi) is 2.52. The summed E-state index contributed by atoms with van der Waals surface area (Å²) in [6.45, 7) is 0.564. The summed E-state index contributed by atoms with van der Waals surface area (Å²) >= 11 is 3.37. The molecule has 0 bridgehead atoms. The Morgan fingerprint density at radius 3 is 3.24 bits per heavy atom. The number of fused-ring (bicyclic) bond motifs is 1. The van der Waals surface area contributed by atoms with Gasteiger partial charge in [-0.3, -0.25) is 4.40 Å². The van der Waals surface area contributed by atoms with E-state index < -0.39 is 0 Å². The van der Waals surface area contributed by atoms with Gasteiger partial charge in [-0.25, -0.2) is 4.98 Å². The monoisotopic (exact) mass is 293 g/mol. The summed E-state index contributed by atoms with van der Waals surface area (Å²) in [5.41, 5.74) is 0.724. The molecular weight excluding hydrogens is 286 g/mol. The van der Waals surface area contributed by atoms with Crippen LogP contribution in [-0.2, 0) is 6.54 Å². The first-order chi connectivity index (χ1) is 8.34. The zero-order chi connectivity index (χ0) is 11.7. The van der Waals surface area contributed by atoms with Crippen molar-refractivity contribution in [1.82, 2.24) is 19.6 Å². The number of nitrogens with one attached hydrogen (secondary N) is 1. The second-order valence-corrected chi connectivity index (χ2v) is 4.24. The van der Waals surface area contributed by atoms with Crippen molar-refractivity contribution in [1.29, 1.82) is 0 Å². The molecule has 0 radical (unpaired) electrons. The maximum atomic E-state index is 5.23. The molecule has 0 spiro atoms. The summed E-state index contributed by atoms with van der Waals surface area (Å²) in [7, 11) is 0. The van der Waals surface area contributed by atoms with Gasteiger partial charge in [0, 0.05) is 6.20 Å². The lowest BCUT2D eigenvalue weighted by Gasteiger charge is -2.06. The van der Waals surface area contributed by atoms with Crippen LogP contribution in [0.5, 0.6) is 0 Å². The first-order valence-corrected chi connectivity index (χ1v) is 5.74. The minimum absolute atomic E-state index is 0.564. The van der Waals surface area contributed by atoms with Crippen LogP contribution in [-0.4, -0.2) is 19.6 Å². The van der Waals surface area contributed by atoms with E-state index in [2.05, 4.69) is 36.4 Å². The maximum absolute atomic E-state index is 5.23. The number of furan rings is 1. The van der Waals surface area contributed by atoms with Gasteiger partial charge in [-0.15, -0.1) is 10.2 Å². The Morgan fingerprint density at radius 1 is 1.47 bits per heavy atom. The van der Waals surface area contributed by atoms with Crippen LogP contribution in [0.25, 0.3) is 5.65 Å².